The minimum atomic E-state index is -0.673. The van der Waals surface area contributed by atoms with Gasteiger partial charge in [0.25, 0.3) is 5.91 Å². The molecule has 8 nitrogen and oxygen atoms in total. The van der Waals surface area contributed by atoms with Crippen LogP contribution >= 0.6 is 0 Å². The molecule has 1 amide bonds. The van der Waals surface area contributed by atoms with Gasteiger partial charge in [-0.25, -0.2) is 9.97 Å². The maximum absolute atomic E-state index is 11.6. The summed E-state index contributed by atoms with van der Waals surface area (Å²) in [5, 5.41) is 13.3. The number of benzene rings is 1. The highest BCUT2D eigenvalue weighted by Crippen LogP contribution is 2.26. The Kier molecular flexibility index (Phi) is 3.52. The van der Waals surface area contributed by atoms with Crippen LogP contribution in [0.25, 0.3) is 22.0 Å². The zero-order chi connectivity index (χ0) is 16.4. The van der Waals surface area contributed by atoms with E-state index in [4.69, 9.17) is 11.0 Å². The van der Waals surface area contributed by atoms with Gasteiger partial charge >= 0.3 is 0 Å². The van der Waals surface area contributed by atoms with Crippen LogP contribution in [0.1, 0.15) is 16.3 Å². The third kappa shape index (κ3) is 2.51. The molecule has 2 N–H and O–H groups in total. The zero-order valence-electron chi connectivity index (χ0n) is 11.8. The summed E-state index contributed by atoms with van der Waals surface area (Å²) in [5.74, 6) is -0.598. The van der Waals surface area contributed by atoms with Gasteiger partial charge in [-0.2, -0.15) is 10.4 Å². The summed E-state index contributed by atoms with van der Waals surface area (Å²) in [5.41, 5.74) is 7.51. The Morgan fingerprint density at radius 3 is 2.65 bits per heavy atom. The number of rotatable bonds is 4. The second-order valence-electron chi connectivity index (χ2n) is 4.70. The number of fused-ring (bicyclic) bond motifs is 1. The first-order valence-electron chi connectivity index (χ1n) is 6.60. The van der Waals surface area contributed by atoms with Crippen molar-refractivity contribution in [3.05, 3.63) is 42.1 Å². The molecule has 23 heavy (non-hydrogen) atoms. The van der Waals surface area contributed by atoms with Gasteiger partial charge in [0.2, 0.25) is 5.82 Å². The molecule has 0 radical (unpaired) electrons. The smallest absolute Gasteiger partial charge is 0.269 e. The second-order valence-corrected chi connectivity index (χ2v) is 4.70. The van der Waals surface area contributed by atoms with E-state index in [-0.39, 0.29) is 18.1 Å². The summed E-state index contributed by atoms with van der Waals surface area (Å²) in [4.78, 5) is 30.1. The van der Waals surface area contributed by atoms with Gasteiger partial charge in [0.15, 0.2) is 5.69 Å². The van der Waals surface area contributed by atoms with E-state index < -0.39 is 5.91 Å². The molecule has 0 unspecified atom stereocenters. The molecule has 0 aliphatic heterocycles. The lowest BCUT2D eigenvalue weighted by molar-refractivity contribution is -0.108. The molecule has 112 valence electrons. The van der Waals surface area contributed by atoms with Crippen LogP contribution < -0.4 is 5.73 Å². The van der Waals surface area contributed by atoms with Crippen LogP contribution in [0.4, 0.5) is 0 Å². The largest absolute Gasteiger partial charge is 0.364 e. The predicted molar refractivity (Wildman–Crippen MR) is 80.1 cm³/mol. The minimum absolute atomic E-state index is 0.0309. The van der Waals surface area contributed by atoms with Crippen molar-refractivity contribution in [2.24, 2.45) is 5.73 Å². The van der Waals surface area contributed by atoms with Crippen molar-refractivity contribution in [3.8, 4) is 17.2 Å². The van der Waals surface area contributed by atoms with Gasteiger partial charge in [0, 0.05) is 23.3 Å². The van der Waals surface area contributed by atoms with E-state index in [2.05, 4.69) is 15.1 Å². The fourth-order valence-corrected chi connectivity index (χ4v) is 2.29. The molecule has 2 aromatic heterocycles. The van der Waals surface area contributed by atoms with Gasteiger partial charge in [-0.1, -0.05) is 6.07 Å². The van der Waals surface area contributed by atoms with Crippen molar-refractivity contribution in [3.63, 3.8) is 0 Å². The number of hydrogen-bond acceptors (Lipinski definition) is 6. The Bertz CT molecular complexity index is 952. The normalized spacial score (nSPS) is 10.4. The van der Waals surface area contributed by atoms with Crippen molar-refractivity contribution in [1.29, 1.82) is 5.26 Å². The maximum atomic E-state index is 11.6. The summed E-state index contributed by atoms with van der Waals surface area (Å²) >= 11 is 0. The number of carbonyl (C=O) groups is 2. The molecule has 2 heterocycles. The van der Waals surface area contributed by atoms with Crippen LogP contribution in [-0.2, 0) is 11.3 Å². The van der Waals surface area contributed by atoms with Crippen LogP contribution in [0.2, 0.25) is 0 Å². The standard InChI is InChI=1S/C15H10N6O2/c16-6-13-18-7-10(8-19-13)9-1-2-12-11(5-9)14(15(17)23)20-21(12)3-4-22/h1-2,4-5,7-8H,3H2,(H2,17,23). The van der Waals surface area contributed by atoms with E-state index >= 15 is 0 Å². The van der Waals surface area contributed by atoms with Crippen molar-refractivity contribution in [2.45, 2.75) is 6.54 Å². The van der Waals surface area contributed by atoms with E-state index in [1.165, 1.54) is 17.1 Å². The lowest BCUT2D eigenvalue weighted by Gasteiger charge is -2.02. The molecular weight excluding hydrogens is 296 g/mol. The fraction of sp³-hybridized carbons (Fsp3) is 0.0667. The summed E-state index contributed by atoms with van der Waals surface area (Å²) < 4.78 is 1.42. The van der Waals surface area contributed by atoms with Crippen molar-refractivity contribution in [2.75, 3.05) is 0 Å². The van der Waals surface area contributed by atoms with E-state index in [1.54, 1.807) is 18.2 Å². The SMILES string of the molecule is N#Cc1ncc(-c2ccc3c(c2)c(C(N)=O)nn3CC=O)cn1. The van der Waals surface area contributed by atoms with Crippen molar-refractivity contribution >= 4 is 23.1 Å². The molecule has 0 saturated heterocycles. The molecule has 3 rings (SSSR count). The van der Waals surface area contributed by atoms with Crippen LogP contribution in [0.5, 0.6) is 0 Å². The number of aromatic nitrogens is 4. The molecule has 0 fully saturated rings. The predicted octanol–water partition coefficient (Wildman–Crippen LogP) is 0.663. The molecule has 3 aromatic rings. The average molecular weight is 306 g/mol. The van der Waals surface area contributed by atoms with Crippen molar-refractivity contribution in [1.82, 2.24) is 19.7 Å². The number of nitriles is 1. The van der Waals surface area contributed by atoms with Gasteiger partial charge in [-0.15, -0.1) is 0 Å². The third-order valence-electron chi connectivity index (χ3n) is 3.32. The van der Waals surface area contributed by atoms with E-state index in [0.717, 1.165) is 5.56 Å². The third-order valence-corrected chi connectivity index (χ3v) is 3.32. The summed E-state index contributed by atoms with van der Waals surface area (Å²) in [6.07, 6.45) is 3.73. The Labute approximate surface area is 130 Å². The highest BCUT2D eigenvalue weighted by Gasteiger charge is 2.15. The highest BCUT2D eigenvalue weighted by atomic mass is 16.1. The fourth-order valence-electron chi connectivity index (χ4n) is 2.29. The van der Waals surface area contributed by atoms with Crippen molar-refractivity contribution < 1.29 is 9.59 Å². The Morgan fingerprint density at radius 1 is 1.30 bits per heavy atom. The molecule has 0 spiro atoms. The van der Waals surface area contributed by atoms with Gasteiger partial charge in [0.1, 0.15) is 12.4 Å². The maximum Gasteiger partial charge on any atom is 0.269 e. The molecule has 0 aliphatic rings. The van der Waals surface area contributed by atoms with Gasteiger partial charge in [0.05, 0.1) is 12.1 Å². The highest BCUT2D eigenvalue weighted by molar-refractivity contribution is 6.05. The second kappa shape index (κ2) is 5.65. The lowest BCUT2D eigenvalue weighted by atomic mass is 10.1. The number of nitrogens with zero attached hydrogens (tertiary/aromatic N) is 5. The van der Waals surface area contributed by atoms with Gasteiger partial charge < -0.3 is 10.5 Å². The molecule has 0 atom stereocenters. The number of aldehydes is 1. The first-order chi connectivity index (χ1) is 11.1. The summed E-state index contributed by atoms with van der Waals surface area (Å²) in [7, 11) is 0. The Morgan fingerprint density at radius 2 is 2.04 bits per heavy atom. The van der Waals surface area contributed by atoms with Crippen LogP contribution in [-0.4, -0.2) is 31.9 Å². The topological polar surface area (TPSA) is 128 Å². The molecule has 0 aliphatic carbocycles. The molecule has 8 heteroatoms. The number of nitrogens with two attached hydrogens (primary N) is 1. The monoisotopic (exact) mass is 306 g/mol. The quantitative estimate of drug-likeness (QED) is 0.705. The van der Waals surface area contributed by atoms with Crippen LogP contribution in [0.15, 0.2) is 30.6 Å². The number of hydrogen-bond donors (Lipinski definition) is 1. The van der Waals surface area contributed by atoms with Gasteiger partial charge in [-0.3, -0.25) is 9.48 Å². The van der Waals surface area contributed by atoms with Crippen LogP contribution in [0, 0.1) is 11.3 Å². The number of carbonyl (C=O) groups excluding carboxylic acids is 2. The van der Waals surface area contributed by atoms with E-state index in [1.807, 2.05) is 6.07 Å². The summed E-state index contributed by atoms with van der Waals surface area (Å²) in [6.45, 7) is 0.0309. The Hall–Kier alpha value is -3.60. The lowest BCUT2D eigenvalue weighted by Crippen LogP contribution is -2.13. The average Bonchev–Trinajstić information content (AvgIpc) is 2.93. The number of primary amides is 1. The molecule has 0 saturated carbocycles. The number of amides is 1. The molecule has 1 aromatic carbocycles. The first kappa shape index (κ1) is 14.3. The molecule has 0 bridgehead atoms. The zero-order valence-corrected chi connectivity index (χ0v) is 11.8. The van der Waals surface area contributed by atoms with Gasteiger partial charge in [-0.05, 0) is 17.7 Å². The minimum Gasteiger partial charge on any atom is -0.364 e. The van der Waals surface area contributed by atoms with E-state index in [0.29, 0.717) is 22.8 Å². The molecular formula is C15H10N6O2. The first-order valence-corrected chi connectivity index (χ1v) is 6.60. The van der Waals surface area contributed by atoms with E-state index in [9.17, 15) is 9.59 Å². The van der Waals surface area contributed by atoms with Crippen LogP contribution in [0.3, 0.4) is 0 Å². The Balaban J connectivity index is 2.17. The summed E-state index contributed by atoms with van der Waals surface area (Å²) in [6, 6.07) is 7.11.